The molecule has 0 amide bonds. The zero-order chi connectivity index (χ0) is 18.1. The van der Waals surface area contributed by atoms with E-state index in [0.29, 0.717) is 12.2 Å². The highest BCUT2D eigenvalue weighted by Gasteiger charge is 2.06. The van der Waals surface area contributed by atoms with Gasteiger partial charge in [0.25, 0.3) is 0 Å². The van der Waals surface area contributed by atoms with Gasteiger partial charge >= 0.3 is 0 Å². The second kappa shape index (κ2) is 9.24. The Balaban J connectivity index is 2.11. The second-order valence-electron chi connectivity index (χ2n) is 5.45. The maximum atomic E-state index is 8.81. The first kappa shape index (κ1) is 18.2. The summed E-state index contributed by atoms with van der Waals surface area (Å²) in [6.45, 7) is 9.99. The molecule has 0 radical (unpaired) electrons. The van der Waals surface area contributed by atoms with Crippen LogP contribution in [0.1, 0.15) is 18.1 Å². The van der Waals surface area contributed by atoms with Gasteiger partial charge in [-0.3, -0.25) is 0 Å². The van der Waals surface area contributed by atoms with Gasteiger partial charge in [-0.25, -0.2) is 0 Å². The van der Waals surface area contributed by atoms with Gasteiger partial charge in [0.1, 0.15) is 6.61 Å². The topological polar surface area (TPSA) is 61.0 Å². The highest BCUT2D eigenvalue weighted by Crippen LogP contribution is 2.26. The number of likely N-dealkylation sites (N-methyl/N-ethyl adjacent to an activating group) is 1. The monoisotopic (exact) mass is 334 g/mol. The summed E-state index contributed by atoms with van der Waals surface area (Å²) in [4.78, 5) is 2.23. The minimum atomic E-state index is 0.608. The molecule has 0 aliphatic heterocycles. The SMILES string of the molecule is C=COCCN(CC)c1ccc(/N=N/c2ccc(C#N)cc2)c(C)c1. The minimum absolute atomic E-state index is 0.608. The van der Waals surface area contributed by atoms with Crippen LogP contribution >= 0.6 is 0 Å². The van der Waals surface area contributed by atoms with Crippen LogP contribution in [0.25, 0.3) is 0 Å². The number of rotatable bonds is 8. The highest BCUT2D eigenvalue weighted by molar-refractivity contribution is 5.57. The first-order valence-corrected chi connectivity index (χ1v) is 8.18. The van der Waals surface area contributed by atoms with Crippen LogP contribution in [0.5, 0.6) is 0 Å². The number of anilines is 1. The van der Waals surface area contributed by atoms with Gasteiger partial charge in [-0.1, -0.05) is 6.58 Å². The zero-order valence-electron chi connectivity index (χ0n) is 14.6. The number of aryl methyl sites for hydroxylation is 1. The summed E-state index contributed by atoms with van der Waals surface area (Å²) in [5.41, 5.74) is 4.34. The Bertz CT molecular complexity index is 775. The van der Waals surface area contributed by atoms with Gasteiger partial charge in [0.05, 0.1) is 35.8 Å². The number of azo groups is 1. The molecule has 0 bridgehead atoms. The predicted octanol–water partition coefficient (Wildman–Crippen LogP) is 5.27. The van der Waals surface area contributed by atoms with E-state index in [0.717, 1.165) is 35.7 Å². The lowest BCUT2D eigenvalue weighted by Gasteiger charge is -2.23. The molecule has 0 atom stereocenters. The lowest BCUT2D eigenvalue weighted by molar-refractivity contribution is 0.258. The van der Waals surface area contributed by atoms with E-state index in [-0.39, 0.29) is 0 Å². The zero-order valence-corrected chi connectivity index (χ0v) is 14.6. The maximum absolute atomic E-state index is 8.81. The van der Waals surface area contributed by atoms with Crippen LogP contribution in [0, 0.1) is 18.3 Å². The third-order valence-electron chi connectivity index (χ3n) is 3.79. The van der Waals surface area contributed by atoms with E-state index in [2.05, 4.69) is 40.8 Å². The molecular weight excluding hydrogens is 312 g/mol. The Morgan fingerprint density at radius 1 is 1.20 bits per heavy atom. The molecule has 5 heteroatoms. The summed E-state index contributed by atoms with van der Waals surface area (Å²) >= 11 is 0. The standard InChI is InChI=1S/C20H22N4O/c1-4-24(12-13-25-5-2)19-10-11-20(16(3)14-19)23-22-18-8-6-17(15-21)7-9-18/h5-11,14H,2,4,12-13H2,1,3H3/b23-22+. The molecular formula is C20H22N4O. The Morgan fingerprint density at radius 2 is 1.96 bits per heavy atom. The summed E-state index contributed by atoms with van der Waals surface area (Å²) in [5, 5.41) is 17.4. The van der Waals surface area contributed by atoms with Crippen molar-refractivity contribution in [1.82, 2.24) is 0 Å². The van der Waals surface area contributed by atoms with E-state index in [1.165, 1.54) is 6.26 Å². The highest BCUT2D eigenvalue weighted by atomic mass is 16.5. The van der Waals surface area contributed by atoms with Crippen LogP contribution in [-0.4, -0.2) is 19.7 Å². The molecule has 0 aliphatic carbocycles. The molecule has 5 nitrogen and oxygen atoms in total. The molecule has 0 saturated heterocycles. The normalized spacial score (nSPS) is 10.4. The number of benzene rings is 2. The van der Waals surface area contributed by atoms with Crippen molar-refractivity contribution in [1.29, 1.82) is 5.26 Å². The summed E-state index contributed by atoms with van der Waals surface area (Å²) in [6.07, 6.45) is 1.46. The molecule has 0 aliphatic rings. The summed E-state index contributed by atoms with van der Waals surface area (Å²) in [6, 6.07) is 15.2. The van der Waals surface area contributed by atoms with Gasteiger partial charge in [-0.05, 0) is 61.9 Å². The average molecular weight is 334 g/mol. The van der Waals surface area contributed by atoms with Crippen molar-refractivity contribution in [2.45, 2.75) is 13.8 Å². The van der Waals surface area contributed by atoms with Crippen LogP contribution in [0.3, 0.4) is 0 Å². The van der Waals surface area contributed by atoms with Crippen molar-refractivity contribution in [3.8, 4) is 6.07 Å². The third-order valence-corrected chi connectivity index (χ3v) is 3.79. The fourth-order valence-corrected chi connectivity index (χ4v) is 2.38. The first-order valence-electron chi connectivity index (χ1n) is 8.18. The predicted molar refractivity (Wildman–Crippen MR) is 101 cm³/mol. The van der Waals surface area contributed by atoms with Crippen molar-refractivity contribution in [2.75, 3.05) is 24.6 Å². The van der Waals surface area contributed by atoms with Crippen LogP contribution in [-0.2, 0) is 4.74 Å². The largest absolute Gasteiger partial charge is 0.500 e. The summed E-state index contributed by atoms with van der Waals surface area (Å²) < 4.78 is 5.21. The Kier molecular flexibility index (Phi) is 6.73. The summed E-state index contributed by atoms with van der Waals surface area (Å²) in [5.74, 6) is 0. The van der Waals surface area contributed by atoms with Crippen molar-refractivity contribution >= 4 is 17.1 Å². The Morgan fingerprint density at radius 3 is 2.56 bits per heavy atom. The average Bonchev–Trinajstić information content (AvgIpc) is 2.65. The summed E-state index contributed by atoms with van der Waals surface area (Å²) in [7, 11) is 0. The molecule has 2 aromatic carbocycles. The second-order valence-corrected chi connectivity index (χ2v) is 5.45. The van der Waals surface area contributed by atoms with Gasteiger partial charge in [0.2, 0.25) is 0 Å². The van der Waals surface area contributed by atoms with Crippen molar-refractivity contribution < 1.29 is 4.74 Å². The number of nitriles is 1. The van der Waals surface area contributed by atoms with Crippen LogP contribution in [0.4, 0.5) is 17.1 Å². The van der Waals surface area contributed by atoms with Gasteiger partial charge in [-0.2, -0.15) is 15.5 Å². The van der Waals surface area contributed by atoms with Crippen molar-refractivity contribution in [3.63, 3.8) is 0 Å². The molecule has 0 heterocycles. The van der Waals surface area contributed by atoms with Crippen LogP contribution < -0.4 is 4.90 Å². The van der Waals surface area contributed by atoms with Gasteiger partial charge in [0.15, 0.2) is 0 Å². The Hall–Kier alpha value is -3.13. The molecule has 2 rings (SSSR count). The van der Waals surface area contributed by atoms with E-state index < -0.39 is 0 Å². The lowest BCUT2D eigenvalue weighted by atomic mass is 10.1. The first-order chi connectivity index (χ1) is 12.2. The molecule has 25 heavy (non-hydrogen) atoms. The third kappa shape index (κ3) is 5.18. The van der Waals surface area contributed by atoms with Crippen molar-refractivity contribution in [3.05, 3.63) is 66.4 Å². The van der Waals surface area contributed by atoms with E-state index in [1.807, 2.05) is 19.1 Å². The van der Waals surface area contributed by atoms with E-state index in [9.17, 15) is 0 Å². The number of nitrogens with zero attached hydrogens (tertiary/aromatic N) is 4. The molecule has 0 aromatic heterocycles. The van der Waals surface area contributed by atoms with E-state index in [1.54, 1.807) is 24.3 Å². The fourth-order valence-electron chi connectivity index (χ4n) is 2.38. The van der Waals surface area contributed by atoms with Crippen LogP contribution in [0.2, 0.25) is 0 Å². The molecule has 0 unspecified atom stereocenters. The van der Waals surface area contributed by atoms with Crippen LogP contribution in [0.15, 0.2) is 65.5 Å². The Labute approximate surface area is 148 Å². The van der Waals surface area contributed by atoms with Crippen molar-refractivity contribution in [2.24, 2.45) is 10.2 Å². The molecule has 0 fully saturated rings. The molecule has 0 spiro atoms. The number of ether oxygens (including phenoxy) is 1. The van der Waals surface area contributed by atoms with Gasteiger partial charge < -0.3 is 9.64 Å². The number of hydrogen-bond acceptors (Lipinski definition) is 5. The smallest absolute Gasteiger partial charge is 0.105 e. The lowest BCUT2D eigenvalue weighted by Crippen LogP contribution is -2.26. The number of hydrogen-bond donors (Lipinski definition) is 0. The quantitative estimate of drug-likeness (QED) is 0.375. The molecule has 2 aromatic rings. The van der Waals surface area contributed by atoms with E-state index >= 15 is 0 Å². The minimum Gasteiger partial charge on any atom is -0.500 e. The molecule has 128 valence electrons. The molecule has 0 saturated carbocycles. The van der Waals surface area contributed by atoms with Gasteiger partial charge in [-0.15, -0.1) is 0 Å². The fraction of sp³-hybridized carbons (Fsp3) is 0.250. The van der Waals surface area contributed by atoms with Gasteiger partial charge in [0, 0.05) is 12.2 Å². The van der Waals surface area contributed by atoms with E-state index in [4.69, 9.17) is 10.00 Å². The molecule has 0 N–H and O–H groups in total. The maximum Gasteiger partial charge on any atom is 0.105 e.